The van der Waals surface area contributed by atoms with Gasteiger partial charge >= 0.3 is 0 Å². The molecule has 0 aliphatic rings. The van der Waals surface area contributed by atoms with E-state index in [9.17, 15) is 4.79 Å². The van der Waals surface area contributed by atoms with Gasteiger partial charge in [0, 0.05) is 12.6 Å². The van der Waals surface area contributed by atoms with Gasteiger partial charge in [0.2, 0.25) is 5.91 Å². The van der Waals surface area contributed by atoms with E-state index in [4.69, 9.17) is 10.5 Å². The molecule has 1 atom stereocenters. The van der Waals surface area contributed by atoms with Crippen molar-refractivity contribution in [2.75, 3.05) is 13.2 Å². The van der Waals surface area contributed by atoms with E-state index in [2.05, 4.69) is 12.2 Å². The average Bonchev–Trinajstić information content (AvgIpc) is 2.39. The van der Waals surface area contributed by atoms with Gasteiger partial charge in [-0.15, -0.1) is 0 Å². The van der Waals surface area contributed by atoms with Crippen LogP contribution in [0.3, 0.4) is 0 Å². The van der Waals surface area contributed by atoms with Crippen LogP contribution >= 0.6 is 0 Å². The van der Waals surface area contributed by atoms with E-state index >= 15 is 0 Å². The van der Waals surface area contributed by atoms with Gasteiger partial charge in [0.05, 0.1) is 13.0 Å². The number of carbonyl (C=O) groups excluding carboxylic acids is 1. The molecule has 0 spiro atoms. The maximum atomic E-state index is 11.2. The first-order valence-corrected chi connectivity index (χ1v) is 6.42. The third kappa shape index (κ3) is 4.75. The van der Waals surface area contributed by atoms with Crippen molar-refractivity contribution in [2.45, 2.75) is 32.7 Å². The Bertz CT molecular complexity index is 363. The standard InChI is InChI=1S/C14H22N2O2/c1-3-13(15)11-5-7-12(8-6-11)18-10-9-14(17)16-4-2/h5-8,13H,3-4,9-10,15H2,1-2H3,(H,16,17)/t13-/m1/s1. The molecule has 1 aromatic rings. The van der Waals surface area contributed by atoms with Crippen molar-refractivity contribution < 1.29 is 9.53 Å². The summed E-state index contributed by atoms with van der Waals surface area (Å²) in [5, 5.41) is 2.73. The molecule has 0 saturated heterocycles. The highest BCUT2D eigenvalue weighted by Crippen LogP contribution is 2.18. The van der Waals surface area contributed by atoms with Crippen LogP contribution in [0.1, 0.15) is 38.3 Å². The Kier molecular flexibility index (Phi) is 6.22. The molecule has 0 unspecified atom stereocenters. The van der Waals surface area contributed by atoms with Crippen molar-refractivity contribution in [1.82, 2.24) is 5.32 Å². The van der Waals surface area contributed by atoms with Crippen molar-refractivity contribution >= 4 is 5.91 Å². The first-order chi connectivity index (χ1) is 8.67. The summed E-state index contributed by atoms with van der Waals surface area (Å²) in [7, 11) is 0. The Labute approximate surface area is 109 Å². The number of benzene rings is 1. The highest BCUT2D eigenvalue weighted by atomic mass is 16.5. The number of nitrogens with two attached hydrogens (primary N) is 1. The third-order valence-electron chi connectivity index (χ3n) is 2.72. The molecule has 0 aliphatic heterocycles. The van der Waals surface area contributed by atoms with Gasteiger partial charge in [0.1, 0.15) is 5.75 Å². The van der Waals surface area contributed by atoms with Crippen molar-refractivity contribution in [3.8, 4) is 5.75 Å². The lowest BCUT2D eigenvalue weighted by Gasteiger charge is -2.10. The topological polar surface area (TPSA) is 64.3 Å². The van der Waals surface area contributed by atoms with Crippen molar-refractivity contribution in [3.63, 3.8) is 0 Å². The number of hydrogen-bond donors (Lipinski definition) is 2. The van der Waals surface area contributed by atoms with Crippen LogP contribution in [0.5, 0.6) is 5.75 Å². The Morgan fingerprint density at radius 2 is 2.00 bits per heavy atom. The van der Waals surface area contributed by atoms with Crippen LogP contribution in [0.4, 0.5) is 0 Å². The molecule has 0 aliphatic carbocycles. The summed E-state index contributed by atoms with van der Waals surface area (Å²) in [6.45, 7) is 5.00. The van der Waals surface area contributed by atoms with Crippen LogP contribution in [0.15, 0.2) is 24.3 Å². The predicted molar refractivity (Wildman–Crippen MR) is 72.5 cm³/mol. The number of amides is 1. The SMILES string of the molecule is CCNC(=O)CCOc1ccc([C@H](N)CC)cc1. The number of rotatable bonds is 7. The van der Waals surface area contributed by atoms with E-state index in [1.165, 1.54) is 0 Å². The second-order valence-electron chi connectivity index (χ2n) is 4.14. The van der Waals surface area contributed by atoms with Crippen LogP contribution in [0, 0.1) is 0 Å². The van der Waals surface area contributed by atoms with E-state index in [1.54, 1.807) is 0 Å². The number of carbonyl (C=O) groups is 1. The number of ether oxygens (including phenoxy) is 1. The van der Waals surface area contributed by atoms with Gasteiger partial charge in [-0.25, -0.2) is 0 Å². The molecular formula is C14H22N2O2. The second kappa shape index (κ2) is 7.71. The molecule has 0 radical (unpaired) electrons. The molecule has 18 heavy (non-hydrogen) atoms. The first kappa shape index (κ1) is 14.5. The minimum absolute atomic E-state index is 0.0159. The molecule has 0 heterocycles. The van der Waals surface area contributed by atoms with Crippen molar-refractivity contribution in [2.24, 2.45) is 5.73 Å². The molecule has 0 fully saturated rings. The Balaban J connectivity index is 2.37. The molecular weight excluding hydrogens is 228 g/mol. The predicted octanol–water partition coefficient (Wildman–Crippen LogP) is 2.00. The third-order valence-corrected chi connectivity index (χ3v) is 2.72. The van der Waals surface area contributed by atoms with Crippen molar-refractivity contribution in [3.05, 3.63) is 29.8 Å². The minimum Gasteiger partial charge on any atom is -0.493 e. The van der Waals surface area contributed by atoms with Crippen LogP contribution in [-0.2, 0) is 4.79 Å². The molecule has 0 bridgehead atoms. The van der Waals surface area contributed by atoms with E-state index in [0.29, 0.717) is 19.6 Å². The normalized spacial score (nSPS) is 11.9. The van der Waals surface area contributed by atoms with Gasteiger partial charge in [0.15, 0.2) is 0 Å². The van der Waals surface area contributed by atoms with Crippen molar-refractivity contribution in [1.29, 1.82) is 0 Å². The summed E-state index contributed by atoms with van der Waals surface area (Å²) >= 11 is 0. The molecule has 0 aromatic heterocycles. The summed E-state index contributed by atoms with van der Waals surface area (Å²) in [6, 6.07) is 7.80. The summed E-state index contributed by atoms with van der Waals surface area (Å²) in [5.74, 6) is 0.786. The zero-order valence-corrected chi connectivity index (χ0v) is 11.1. The molecule has 3 N–H and O–H groups in total. The van der Waals surface area contributed by atoms with Crippen LogP contribution in [-0.4, -0.2) is 19.1 Å². The van der Waals surface area contributed by atoms with Crippen LogP contribution in [0.25, 0.3) is 0 Å². The van der Waals surface area contributed by atoms with Gasteiger partial charge < -0.3 is 15.8 Å². The highest BCUT2D eigenvalue weighted by molar-refractivity contribution is 5.75. The fourth-order valence-corrected chi connectivity index (χ4v) is 1.59. The zero-order valence-electron chi connectivity index (χ0n) is 11.1. The zero-order chi connectivity index (χ0) is 13.4. The maximum Gasteiger partial charge on any atom is 0.223 e. The van der Waals surface area contributed by atoms with Gasteiger partial charge in [-0.2, -0.15) is 0 Å². The average molecular weight is 250 g/mol. The quantitative estimate of drug-likeness (QED) is 0.778. The largest absolute Gasteiger partial charge is 0.493 e. The van der Waals surface area contributed by atoms with E-state index in [1.807, 2.05) is 31.2 Å². The lowest BCUT2D eigenvalue weighted by Crippen LogP contribution is -2.24. The molecule has 4 nitrogen and oxygen atoms in total. The van der Waals surface area contributed by atoms with Gasteiger partial charge in [-0.3, -0.25) is 4.79 Å². The Hall–Kier alpha value is -1.55. The van der Waals surface area contributed by atoms with Gasteiger partial charge in [-0.1, -0.05) is 19.1 Å². The summed E-state index contributed by atoms with van der Waals surface area (Å²) in [4.78, 5) is 11.2. The van der Waals surface area contributed by atoms with Gasteiger partial charge in [0.25, 0.3) is 0 Å². The second-order valence-corrected chi connectivity index (χ2v) is 4.14. The maximum absolute atomic E-state index is 11.2. The van der Waals surface area contributed by atoms with Gasteiger partial charge in [-0.05, 0) is 31.0 Å². The summed E-state index contributed by atoms with van der Waals surface area (Å²) < 4.78 is 5.49. The molecule has 1 rings (SSSR count). The van der Waals surface area contributed by atoms with E-state index in [0.717, 1.165) is 17.7 Å². The molecule has 4 heteroatoms. The fourth-order valence-electron chi connectivity index (χ4n) is 1.59. The fraction of sp³-hybridized carbons (Fsp3) is 0.500. The van der Waals surface area contributed by atoms with E-state index < -0.39 is 0 Å². The monoisotopic (exact) mass is 250 g/mol. The lowest BCUT2D eigenvalue weighted by atomic mass is 10.1. The van der Waals surface area contributed by atoms with Crippen LogP contribution in [0.2, 0.25) is 0 Å². The number of hydrogen-bond acceptors (Lipinski definition) is 3. The summed E-state index contributed by atoms with van der Waals surface area (Å²) in [5.41, 5.74) is 7.03. The smallest absolute Gasteiger partial charge is 0.223 e. The molecule has 100 valence electrons. The molecule has 1 amide bonds. The number of nitrogens with one attached hydrogen (secondary N) is 1. The lowest BCUT2D eigenvalue weighted by molar-refractivity contribution is -0.121. The van der Waals surface area contributed by atoms with Crippen LogP contribution < -0.4 is 15.8 Å². The molecule has 1 aromatic carbocycles. The molecule has 0 saturated carbocycles. The Morgan fingerprint density at radius 3 is 2.56 bits per heavy atom. The summed E-state index contributed by atoms with van der Waals surface area (Å²) in [6.07, 6.45) is 1.29. The Morgan fingerprint density at radius 1 is 1.33 bits per heavy atom. The highest BCUT2D eigenvalue weighted by Gasteiger charge is 2.04. The van der Waals surface area contributed by atoms with E-state index in [-0.39, 0.29) is 11.9 Å². The minimum atomic E-state index is 0.0159. The first-order valence-electron chi connectivity index (χ1n) is 6.42.